The van der Waals surface area contributed by atoms with Gasteiger partial charge in [0.2, 0.25) is 5.91 Å². The highest BCUT2D eigenvalue weighted by atomic mass is 16.6. The summed E-state index contributed by atoms with van der Waals surface area (Å²) in [5.74, 6) is -0.415. The molecule has 2 aromatic carbocycles. The molecule has 1 aromatic heterocycles. The average Bonchev–Trinajstić information content (AvgIpc) is 3.51. The highest BCUT2D eigenvalue weighted by molar-refractivity contribution is 6.04. The molecule has 1 saturated heterocycles. The Balaban J connectivity index is 1.35. The van der Waals surface area contributed by atoms with E-state index >= 15 is 0 Å². The van der Waals surface area contributed by atoms with E-state index in [0.717, 1.165) is 12.0 Å². The van der Waals surface area contributed by atoms with Crippen LogP contribution in [0.3, 0.4) is 0 Å². The molecule has 5 N–H and O–H groups in total. The van der Waals surface area contributed by atoms with E-state index < -0.39 is 41.2 Å². The molecule has 12 nitrogen and oxygen atoms in total. The zero-order chi connectivity index (χ0) is 29.9. The number of aromatic nitrogens is 2. The molecule has 2 heterocycles. The number of alkyl carbamates (subject to hydrolysis) is 1. The number of primary amides is 1. The van der Waals surface area contributed by atoms with Crippen LogP contribution in [0.4, 0.5) is 15.3 Å². The Hall–Kier alpha value is -4.61. The van der Waals surface area contributed by atoms with Gasteiger partial charge in [-0.2, -0.15) is 0 Å². The van der Waals surface area contributed by atoms with Crippen molar-refractivity contribution in [1.82, 2.24) is 20.2 Å². The summed E-state index contributed by atoms with van der Waals surface area (Å²) in [5, 5.41) is 5.23. The van der Waals surface area contributed by atoms with E-state index in [4.69, 9.17) is 15.2 Å². The van der Waals surface area contributed by atoms with E-state index in [-0.39, 0.29) is 6.61 Å². The van der Waals surface area contributed by atoms with Gasteiger partial charge in [0.1, 0.15) is 35.1 Å². The number of anilines is 1. The first-order valence-electron chi connectivity index (χ1n) is 13.4. The number of nitrogens with zero attached hydrogens (tertiary/aromatic N) is 2. The molecule has 0 spiro atoms. The van der Waals surface area contributed by atoms with Crippen molar-refractivity contribution < 1.29 is 28.7 Å². The van der Waals surface area contributed by atoms with Gasteiger partial charge < -0.3 is 30.8 Å². The van der Waals surface area contributed by atoms with Gasteiger partial charge in [-0.05, 0) is 77.3 Å². The van der Waals surface area contributed by atoms with Crippen molar-refractivity contribution in [2.24, 2.45) is 5.73 Å². The molecule has 41 heavy (non-hydrogen) atoms. The molecule has 1 aliphatic rings. The lowest BCUT2D eigenvalue weighted by Gasteiger charge is -2.32. The number of H-pyrrole nitrogens is 1. The third kappa shape index (κ3) is 6.76. The number of ether oxygens (including phenoxy) is 2. The summed E-state index contributed by atoms with van der Waals surface area (Å²) in [4.78, 5) is 58.9. The second-order valence-electron chi connectivity index (χ2n) is 11.3. The minimum absolute atomic E-state index is 0.0300. The number of para-hydroxylation sites is 1. The maximum Gasteiger partial charge on any atom is 0.410 e. The fraction of sp³-hybridized carbons (Fsp3) is 0.414. The largest absolute Gasteiger partial charge is 0.445 e. The number of imidazole rings is 1. The Morgan fingerprint density at radius 1 is 1.15 bits per heavy atom. The van der Waals surface area contributed by atoms with E-state index in [0.29, 0.717) is 41.1 Å². The second-order valence-corrected chi connectivity index (χ2v) is 11.3. The summed E-state index contributed by atoms with van der Waals surface area (Å²) in [6, 6.07) is 11.2. The predicted octanol–water partition coefficient (Wildman–Crippen LogP) is 4.16. The average molecular weight is 565 g/mol. The first kappa shape index (κ1) is 29.4. The van der Waals surface area contributed by atoms with Crippen molar-refractivity contribution in [3.8, 4) is 0 Å². The van der Waals surface area contributed by atoms with Crippen LogP contribution in [0, 0.1) is 0 Å². The molecule has 0 aliphatic carbocycles. The van der Waals surface area contributed by atoms with E-state index in [2.05, 4.69) is 20.6 Å². The highest BCUT2D eigenvalue weighted by Gasteiger charge is 2.44. The molecule has 0 saturated carbocycles. The molecule has 218 valence electrons. The number of hydrogen-bond donors (Lipinski definition) is 4. The van der Waals surface area contributed by atoms with E-state index in [1.807, 2.05) is 13.0 Å². The standard InChI is InChI=1S/C29H36N6O6/c1-17(31-26(38)41-28(2,3)4)24(37)32-19-12-10-18(11-13-19)16-40-27(39)35-15-7-14-29(35,5)25-33-21-9-6-8-20(23(30)36)22(21)34-25/h6,8-13,17H,7,14-16H2,1-5H3,(H2,30,36)(H,31,38)(H,32,37)(H,33,34)/t17-,29?/m0/s1. The van der Waals surface area contributed by atoms with E-state index in [1.54, 1.807) is 69.0 Å². The summed E-state index contributed by atoms with van der Waals surface area (Å²) in [7, 11) is 0. The van der Waals surface area contributed by atoms with Crippen molar-refractivity contribution in [3.63, 3.8) is 0 Å². The highest BCUT2D eigenvalue weighted by Crippen LogP contribution is 2.38. The normalized spacial score (nSPS) is 17.6. The Morgan fingerprint density at radius 2 is 1.85 bits per heavy atom. The fourth-order valence-electron chi connectivity index (χ4n) is 4.70. The van der Waals surface area contributed by atoms with Crippen LogP contribution in [0.5, 0.6) is 0 Å². The van der Waals surface area contributed by atoms with Crippen molar-refractivity contribution >= 4 is 40.7 Å². The number of benzene rings is 2. The maximum absolute atomic E-state index is 13.1. The van der Waals surface area contributed by atoms with E-state index in [9.17, 15) is 19.2 Å². The third-order valence-electron chi connectivity index (χ3n) is 6.86. The zero-order valence-corrected chi connectivity index (χ0v) is 23.9. The number of amides is 4. The zero-order valence-electron chi connectivity index (χ0n) is 23.9. The lowest BCUT2D eigenvalue weighted by molar-refractivity contribution is -0.117. The van der Waals surface area contributed by atoms with Crippen molar-refractivity contribution in [1.29, 1.82) is 0 Å². The Kier molecular flexibility index (Phi) is 8.22. The van der Waals surface area contributed by atoms with Gasteiger partial charge in [-0.3, -0.25) is 14.5 Å². The van der Waals surface area contributed by atoms with Gasteiger partial charge in [0, 0.05) is 12.2 Å². The first-order valence-corrected chi connectivity index (χ1v) is 13.4. The summed E-state index contributed by atoms with van der Waals surface area (Å²) >= 11 is 0. The van der Waals surface area contributed by atoms with Gasteiger partial charge in [0.05, 0.1) is 11.1 Å². The number of rotatable bonds is 7. The lowest BCUT2D eigenvalue weighted by Crippen LogP contribution is -2.44. The molecule has 2 atom stereocenters. The number of likely N-dealkylation sites (tertiary alicyclic amines) is 1. The first-order chi connectivity index (χ1) is 19.3. The second kappa shape index (κ2) is 11.5. The lowest BCUT2D eigenvalue weighted by atomic mass is 9.98. The Bertz CT molecular complexity index is 1460. The van der Waals surface area contributed by atoms with Gasteiger partial charge in [-0.25, -0.2) is 14.6 Å². The van der Waals surface area contributed by atoms with Crippen LogP contribution in [0.25, 0.3) is 11.0 Å². The van der Waals surface area contributed by atoms with Crippen LogP contribution in [-0.4, -0.2) is 57.1 Å². The van der Waals surface area contributed by atoms with E-state index in [1.165, 1.54) is 0 Å². The van der Waals surface area contributed by atoms with Crippen molar-refractivity contribution in [2.45, 2.75) is 71.2 Å². The molecule has 4 rings (SSSR count). The monoisotopic (exact) mass is 564 g/mol. The van der Waals surface area contributed by atoms with Crippen molar-refractivity contribution in [2.75, 3.05) is 11.9 Å². The molecule has 0 bridgehead atoms. The van der Waals surface area contributed by atoms with Crippen LogP contribution in [0.1, 0.15) is 69.2 Å². The fourth-order valence-corrected chi connectivity index (χ4v) is 4.70. The Labute approximate surface area is 238 Å². The van der Waals surface area contributed by atoms with Gasteiger partial charge in [0.25, 0.3) is 5.91 Å². The van der Waals surface area contributed by atoms with Gasteiger partial charge in [0.15, 0.2) is 0 Å². The number of carbonyl (C=O) groups is 4. The summed E-state index contributed by atoms with van der Waals surface area (Å²) < 4.78 is 10.8. The molecule has 4 amide bonds. The Morgan fingerprint density at radius 3 is 2.51 bits per heavy atom. The summed E-state index contributed by atoms with van der Waals surface area (Å²) in [5.41, 5.74) is 6.80. The van der Waals surface area contributed by atoms with Crippen molar-refractivity contribution in [3.05, 3.63) is 59.4 Å². The number of aromatic amines is 1. The predicted molar refractivity (Wildman–Crippen MR) is 152 cm³/mol. The SMILES string of the molecule is C[C@H](NC(=O)OC(C)(C)C)C(=O)Nc1ccc(COC(=O)N2CCCC2(C)c2nc3c(C(N)=O)cccc3[nH]2)cc1. The van der Waals surface area contributed by atoms with Crippen LogP contribution in [-0.2, 0) is 26.4 Å². The van der Waals surface area contributed by atoms with Gasteiger partial charge in [-0.1, -0.05) is 18.2 Å². The molecule has 1 aliphatic heterocycles. The van der Waals surface area contributed by atoms with Crippen LogP contribution >= 0.6 is 0 Å². The smallest absolute Gasteiger partial charge is 0.410 e. The molecular weight excluding hydrogens is 528 g/mol. The minimum atomic E-state index is -0.811. The van der Waals surface area contributed by atoms with Crippen LogP contribution in [0.2, 0.25) is 0 Å². The van der Waals surface area contributed by atoms with Gasteiger partial charge >= 0.3 is 12.2 Å². The number of carbonyl (C=O) groups excluding carboxylic acids is 4. The number of fused-ring (bicyclic) bond motifs is 1. The van der Waals surface area contributed by atoms with Crippen LogP contribution < -0.4 is 16.4 Å². The minimum Gasteiger partial charge on any atom is -0.445 e. The molecular formula is C29H36N6O6. The number of nitrogens with one attached hydrogen (secondary N) is 3. The van der Waals surface area contributed by atoms with Gasteiger partial charge in [-0.15, -0.1) is 0 Å². The quantitative estimate of drug-likeness (QED) is 0.334. The molecule has 12 heteroatoms. The molecule has 3 aromatic rings. The number of hydrogen-bond acceptors (Lipinski definition) is 7. The summed E-state index contributed by atoms with van der Waals surface area (Å²) in [6.45, 7) is 9.21. The number of nitrogens with two attached hydrogens (primary N) is 1. The topological polar surface area (TPSA) is 169 Å². The maximum atomic E-state index is 13.1. The molecule has 1 fully saturated rings. The molecule has 1 unspecified atom stereocenters. The summed E-state index contributed by atoms with van der Waals surface area (Å²) in [6.07, 6.45) is 0.270. The molecule has 0 radical (unpaired) electrons. The third-order valence-corrected chi connectivity index (χ3v) is 6.86. The van der Waals surface area contributed by atoms with Crippen LogP contribution in [0.15, 0.2) is 42.5 Å².